The van der Waals surface area contributed by atoms with Crippen LogP contribution in [-0.2, 0) is 0 Å². The highest BCUT2D eigenvalue weighted by molar-refractivity contribution is 6.34. The molecule has 1 heterocycles. The van der Waals surface area contributed by atoms with Crippen molar-refractivity contribution in [2.75, 3.05) is 39.5 Å². The number of piperidine rings is 1. The molecule has 0 spiro atoms. The van der Waals surface area contributed by atoms with E-state index in [0.29, 0.717) is 16.6 Å². The van der Waals surface area contributed by atoms with Crippen molar-refractivity contribution in [3.05, 3.63) is 28.8 Å². The number of nitrogens with zero attached hydrogens (tertiary/aromatic N) is 2. The molecule has 5 heteroatoms. The number of rotatable bonds is 3. The van der Waals surface area contributed by atoms with Crippen LogP contribution in [-0.4, -0.2) is 56.0 Å². The van der Waals surface area contributed by atoms with Crippen LogP contribution in [0.5, 0.6) is 0 Å². The van der Waals surface area contributed by atoms with Crippen molar-refractivity contribution in [1.29, 1.82) is 0 Å². The Balaban J connectivity index is 2.09. The van der Waals surface area contributed by atoms with E-state index in [4.69, 9.17) is 11.6 Å². The summed E-state index contributed by atoms with van der Waals surface area (Å²) in [5.74, 6) is -0.0676. The average Bonchev–Trinajstić information content (AvgIpc) is 2.42. The molecule has 2 rings (SSSR count). The summed E-state index contributed by atoms with van der Waals surface area (Å²) in [6.45, 7) is 2.21. The summed E-state index contributed by atoms with van der Waals surface area (Å²) in [7, 11) is 5.61. The van der Waals surface area contributed by atoms with E-state index in [2.05, 4.69) is 17.3 Å². The predicted molar refractivity (Wildman–Crippen MR) is 83.6 cm³/mol. The molecule has 1 aliphatic heterocycles. The van der Waals surface area contributed by atoms with Gasteiger partial charge in [-0.2, -0.15) is 0 Å². The molecule has 1 aromatic carbocycles. The minimum atomic E-state index is -0.0676. The van der Waals surface area contributed by atoms with Gasteiger partial charge in [0, 0.05) is 25.8 Å². The number of halogens is 1. The van der Waals surface area contributed by atoms with E-state index in [1.165, 1.54) is 0 Å². The topological polar surface area (TPSA) is 35.6 Å². The number of carbonyl (C=O) groups excluding carboxylic acids is 1. The van der Waals surface area contributed by atoms with Crippen molar-refractivity contribution in [3.63, 3.8) is 0 Å². The van der Waals surface area contributed by atoms with E-state index in [1.54, 1.807) is 25.1 Å². The van der Waals surface area contributed by atoms with Gasteiger partial charge in [-0.3, -0.25) is 4.79 Å². The number of amides is 1. The molecular formula is C15H22ClN3O. The van der Waals surface area contributed by atoms with Gasteiger partial charge in [-0.25, -0.2) is 0 Å². The number of anilines is 1. The van der Waals surface area contributed by atoms with E-state index in [0.717, 1.165) is 31.6 Å². The molecule has 20 heavy (non-hydrogen) atoms. The van der Waals surface area contributed by atoms with Crippen LogP contribution in [0.15, 0.2) is 18.2 Å². The molecule has 1 aliphatic rings. The lowest BCUT2D eigenvalue weighted by atomic mass is 10.0. The highest BCUT2D eigenvalue weighted by atomic mass is 35.5. The second kappa shape index (κ2) is 6.46. The molecule has 0 radical (unpaired) electrons. The Morgan fingerprint density at radius 3 is 2.60 bits per heavy atom. The van der Waals surface area contributed by atoms with Gasteiger partial charge >= 0.3 is 0 Å². The Morgan fingerprint density at radius 1 is 1.35 bits per heavy atom. The minimum absolute atomic E-state index is 0.0676. The van der Waals surface area contributed by atoms with Crippen LogP contribution in [0.3, 0.4) is 0 Å². The normalized spacial score (nSPS) is 17.0. The minimum Gasteiger partial charge on any atom is -0.382 e. The summed E-state index contributed by atoms with van der Waals surface area (Å²) in [5.41, 5.74) is 1.52. The quantitative estimate of drug-likeness (QED) is 0.931. The fourth-order valence-corrected chi connectivity index (χ4v) is 2.61. The van der Waals surface area contributed by atoms with Gasteiger partial charge in [0.1, 0.15) is 0 Å². The van der Waals surface area contributed by atoms with E-state index in [-0.39, 0.29) is 5.91 Å². The van der Waals surface area contributed by atoms with E-state index < -0.39 is 0 Å². The molecule has 1 saturated heterocycles. The van der Waals surface area contributed by atoms with Gasteiger partial charge in [-0.15, -0.1) is 0 Å². The molecule has 0 aromatic heterocycles. The maximum atomic E-state index is 12.1. The lowest BCUT2D eigenvalue weighted by Gasteiger charge is -2.30. The Bertz CT molecular complexity index is 482. The van der Waals surface area contributed by atoms with Crippen molar-refractivity contribution in [1.82, 2.24) is 9.80 Å². The lowest BCUT2D eigenvalue weighted by Crippen LogP contribution is -2.36. The predicted octanol–water partition coefficient (Wildman–Crippen LogP) is 2.55. The van der Waals surface area contributed by atoms with Gasteiger partial charge in [-0.05, 0) is 51.2 Å². The number of hydrogen-bond acceptors (Lipinski definition) is 3. The second-order valence-corrected chi connectivity index (χ2v) is 6.02. The number of carbonyl (C=O) groups is 1. The Morgan fingerprint density at radius 2 is 2.00 bits per heavy atom. The number of likely N-dealkylation sites (tertiary alicyclic amines) is 1. The summed E-state index contributed by atoms with van der Waals surface area (Å²) in [5, 5.41) is 4.00. The van der Waals surface area contributed by atoms with Crippen molar-refractivity contribution in [3.8, 4) is 0 Å². The largest absolute Gasteiger partial charge is 0.382 e. The summed E-state index contributed by atoms with van der Waals surface area (Å²) >= 11 is 6.12. The van der Waals surface area contributed by atoms with Gasteiger partial charge < -0.3 is 15.1 Å². The summed E-state index contributed by atoms with van der Waals surface area (Å²) in [6.07, 6.45) is 2.24. The smallest absolute Gasteiger partial charge is 0.254 e. The molecule has 0 saturated carbocycles. The zero-order valence-electron chi connectivity index (χ0n) is 12.3. The zero-order valence-corrected chi connectivity index (χ0v) is 13.1. The third-order valence-electron chi connectivity index (χ3n) is 3.69. The van der Waals surface area contributed by atoms with Crippen molar-refractivity contribution in [2.45, 2.75) is 18.9 Å². The van der Waals surface area contributed by atoms with Crippen LogP contribution in [0.1, 0.15) is 23.2 Å². The zero-order chi connectivity index (χ0) is 14.7. The third-order valence-corrected chi connectivity index (χ3v) is 4.02. The summed E-state index contributed by atoms with van der Waals surface area (Å²) in [4.78, 5) is 15.9. The van der Waals surface area contributed by atoms with Crippen molar-refractivity contribution in [2.24, 2.45) is 0 Å². The molecule has 0 bridgehead atoms. The molecular weight excluding hydrogens is 274 g/mol. The van der Waals surface area contributed by atoms with Gasteiger partial charge in [0.2, 0.25) is 0 Å². The van der Waals surface area contributed by atoms with E-state index >= 15 is 0 Å². The highest BCUT2D eigenvalue weighted by Crippen LogP contribution is 2.23. The molecule has 1 fully saturated rings. The van der Waals surface area contributed by atoms with Crippen LogP contribution < -0.4 is 5.32 Å². The lowest BCUT2D eigenvalue weighted by molar-refractivity contribution is 0.0828. The van der Waals surface area contributed by atoms with Crippen molar-refractivity contribution >= 4 is 23.2 Å². The van der Waals surface area contributed by atoms with Crippen LogP contribution in [0.4, 0.5) is 5.69 Å². The summed E-state index contributed by atoms with van der Waals surface area (Å²) in [6, 6.07) is 6.04. The van der Waals surface area contributed by atoms with E-state index in [1.807, 2.05) is 12.1 Å². The maximum Gasteiger partial charge on any atom is 0.254 e. The van der Waals surface area contributed by atoms with Crippen LogP contribution in [0, 0.1) is 0 Å². The Hall–Kier alpha value is -1.26. The SMILES string of the molecule is CN1CCC(Nc2ccc(Cl)c(C(=O)N(C)C)c2)CC1. The monoisotopic (exact) mass is 295 g/mol. The fourth-order valence-electron chi connectivity index (χ4n) is 2.41. The van der Waals surface area contributed by atoms with Gasteiger partial charge in [0.25, 0.3) is 5.91 Å². The molecule has 1 amide bonds. The first-order valence-electron chi connectivity index (χ1n) is 6.93. The van der Waals surface area contributed by atoms with Crippen LogP contribution in [0.2, 0.25) is 5.02 Å². The molecule has 1 N–H and O–H groups in total. The van der Waals surface area contributed by atoms with Gasteiger partial charge in [0.05, 0.1) is 10.6 Å². The maximum absolute atomic E-state index is 12.1. The molecule has 1 aromatic rings. The van der Waals surface area contributed by atoms with E-state index in [9.17, 15) is 4.79 Å². The van der Waals surface area contributed by atoms with Crippen LogP contribution >= 0.6 is 11.6 Å². The number of nitrogens with one attached hydrogen (secondary N) is 1. The summed E-state index contributed by atoms with van der Waals surface area (Å²) < 4.78 is 0. The second-order valence-electron chi connectivity index (χ2n) is 5.62. The van der Waals surface area contributed by atoms with Gasteiger partial charge in [-0.1, -0.05) is 11.6 Å². The molecule has 0 aliphatic carbocycles. The number of hydrogen-bond donors (Lipinski definition) is 1. The number of benzene rings is 1. The first-order chi connectivity index (χ1) is 9.47. The Labute approximate surface area is 125 Å². The fraction of sp³-hybridized carbons (Fsp3) is 0.533. The molecule has 0 unspecified atom stereocenters. The van der Waals surface area contributed by atoms with Crippen molar-refractivity contribution < 1.29 is 4.79 Å². The molecule has 110 valence electrons. The molecule has 0 atom stereocenters. The van der Waals surface area contributed by atoms with Crippen LogP contribution in [0.25, 0.3) is 0 Å². The average molecular weight is 296 g/mol. The first-order valence-corrected chi connectivity index (χ1v) is 7.31. The van der Waals surface area contributed by atoms with Gasteiger partial charge in [0.15, 0.2) is 0 Å². The molecule has 4 nitrogen and oxygen atoms in total. The highest BCUT2D eigenvalue weighted by Gasteiger charge is 2.18. The first kappa shape index (κ1) is 15.1. The Kier molecular flexibility index (Phi) is 4.89. The third kappa shape index (κ3) is 3.64. The standard InChI is InChI=1S/C15H22ClN3O/c1-18(2)15(20)13-10-12(4-5-14(13)16)17-11-6-8-19(3)9-7-11/h4-5,10-11,17H,6-9H2,1-3H3.